The highest BCUT2D eigenvalue weighted by molar-refractivity contribution is 6.11. The molecule has 0 radical (unpaired) electrons. The largest absolute Gasteiger partial charge is 0.482 e. The van der Waals surface area contributed by atoms with Crippen LogP contribution in [-0.2, 0) is 29.0 Å². The molecule has 1 aliphatic carbocycles. The summed E-state index contributed by atoms with van der Waals surface area (Å²) in [6, 6.07) is 22.6. The monoisotopic (exact) mass is 372 g/mol. The molecule has 0 bridgehead atoms. The van der Waals surface area contributed by atoms with Crippen molar-refractivity contribution >= 4 is 11.8 Å². The Hall–Kier alpha value is -3.40. The van der Waals surface area contributed by atoms with Crippen molar-refractivity contribution in [3.63, 3.8) is 0 Å². The first-order valence-electron chi connectivity index (χ1n) is 9.28. The average Bonchev–Trinajstić information content (AvgIpc) is 2.88. The molecular formula is C24H20O4. The van der Waals surface area contributed by atoms with E-state index in [2.05, 4.69) is 0 Å². The number of carbonyl (C=O) groups excluding carboxylic acids is 2. The number of fused-ring (bicyclic) bond motifs is 2. The second kappa shape index (κ2) is 8.09. The van der Waals surface area contributed by atoms with Crippen LogP contribution in [0.2, 0.25) is 0 Å². The number of esters is 1. The second-order valence-electron chi connectivity index (χ2n) is 6.74. The van der Waals surface area contributed by atoms with E-state index in [1.54, 1.807) is 12.1 Å². The Morgan fingerprint density at radius 2 is 1.54 bits per heavy atom. The molecule has 4 nitrogen and oxygen atoms in total. The lowest BCUT2D eigenvalue weighted by molar-refractivity contribution is -0.147. The summed E-state index contributed by atoms with van der Waals surface area (Å²) in [7, 11) is 0. The predicted molar refractivity (Wildman–Crippen MR) is 105 cm³/mol. The van der Waals surface area contributed by atoms with Crippen LogP contribution in [0.3, 0.4) is 0 Å². The lowest BCUT2D eigenvalue weighted by Crippen LogP contribution is -2.15. The molecule has 28 heavy (non-hydrogen) atoms. The highest BCUT2D eigenvalue weighted by Gasteiger charge is 2.21. The van der Waals surface area contributed by atoms with Gasteiger partial charge >= 0.3 is 5.97 Å². The van der Waals surface area contributed by atoms with E-state index < -0.39 is 5.97 Å². The van der Waals surface area contributed by atoms with Crippen LogP contribution >= 0.6 is 0 Å². The van der Waals surface area contributed by atoms with E-state index in [1.165, 1.54) is 0 Å². The van der Waals surface area contributed by atoms with Crippen molar-refractivity contribution in [2.45, 2.75) is 19.4 Å². The maximum Gasteiger partial charge on any atom is 0.344 e. The first-order valence-corrected chi connectivity index (χ1v) is 9.28. The quantitative estimate of drug-likeness (QED) is 0.632. The van der Waals surface area contributed by atoms with Crippen LogP contribution in [-0.4, -0.2) is 18.4 Å². The summed E-state index contributed by atoms with van der Waals surface area (Å²) in [5, 5.41) is 0. The molecule has 4 rings (SSSR count). The van der Waals surface area contributed by atoms with Crippen LogP contribution in [0, 0.1) is 0 Å². The van der Waals surface area contributed by atoms with Gasteiger partial charge in [-0.2, -0.15) is 0 Å². The number of carbonyl (C=O) groups is 2. The van der Waals surface area contributed by atoms with Crippen molar-refractivity contribution < 1.29 is 19.1 Å². The Bertz CT molecular complexity index is 1010. The van der Waals surface area contributed by atoms with E-state index in [0.717, 1.165) is 35.1 Å². The number of rotatable bonds is 5. The number of hydrogen-bond acceptors (Lipinski definition) is 4. The Balaban J connectivity index is 1.39. The van der Waals surface area contributed by atoms with E-state index in [0.29, 0.717) is 11.3 Å². The van der Waals surface area contributed by atoms with Gasteiger partial charge in [-0.05, 0) is 47.7 Å². The molecule has 0 N–H and O–H groups in total. The normalized spacial score (nSPS) is 12.5. The van der Waals surface area contributed by atoms with Gasteiger partial charge in [0.15, 0.2) is 12.4 Å². The maximum absolute atomic E-state index is 12.8. The second-order valence-corrected chi connectivity index (χ2v) is 6.74. The number of benzene rings is 3. The van der Waals surface area contributed by atoms with E-state index in [9.17, 15) is 9.59 Å². The molecule has 0 aromatic heterocycles. The summed E-state index contributed by atoms with van der Waals surface area (Å²) in [4.78, 5) is 24.7. The molecule has 140 valence electrons. The molecule has 0 fully saturated rings. The van der Waals surface area contributed by atoms with Gasteiger partial charge < -0.3 is 9.47 Å². The molecule has 0 spiro atoms. The molecule has 0 unspecified atom stereocenters. The average molecular weight is 372 g/mol. The summed E-state index contributed by atoms with van der Waals surface area (Å²) < 4.78 is 10.8. The zero-order valence-electron chi connectivity index (χ0n) is 15.4. The maximum atomic E-state index is 12.8. The molecule has 0 aliphatic heterocycles. The molecular weight excluding hydrogens is 352 g/mol. The van der Waals surface area contributed by atoms with Gasteiger partial charge in [0.2, 0.25) is 0 Å². The highest BCUT2D eigenvalue weighted by atomic mass is 16.6. The highest BCUT2D eigenvalue weighted by Crippen LogP contribution is 2.27. The van der Waals surface area contributed by atoms with Gasteiger partial charge in [0.05, 0.1) is 0 Å². The van der Waals surface area contributed by atoms with Gasteiger partial charge in [-0.1, -0.05) is 54.6 Å². The zero-order valence-corrected chi connectivity index (χ0v) is 15.4. The molecule has 4 heteroatoms. The third-order valence-corrected chi connectivity index (χ3v) is 4.85. The van der Waals surface area contributed by atoms with Crippen molar-refractivity contribution in [3.05, 3.63) is 101 Å². The van der Waals surface area contributed by atoms with Crippen molar-refractivity contribution in [1.29, 1.82) is 0 Å². The molecule has 0 saturated carbocycles. The molecule has 0 saturated heterocycles. The summed E-state index contributed by atoms with van der Waals surface area (Å²) in [6.07, 6.45) is 1.56. The van der Waals surface area contributed by atoms with Crippen LogP contribution in [0.1, 0.15) is 32.6 Å². The van der Waals surface area contributed by atoms with Crippen molar-refractivity contribution in [2.24, 2.45) is 0 Å². The Morgan fingerprint density at radius 1 is 0.821 bits per heavy atom. The van der Waals surface area contributed by atoms with Gasteiger partial charge in [-0.15, -0.1) is 0 Å². The van der Waals surface area contributed by atoms with Crippen molar-refractivity contribution in [2.75, 3.05) is 6.61 Å². The van der Waals surface area contributed by atoms with Crippen molar-refractivity contribution in [3.8, 4) is 5.75 Å². The van der Waals surface area contributed by atoms with E-state index in [-0.39, 0.29) is 19.0 Å². The molecule has 1 aliphatic rings. The Labute approximate surface area is 163 Å². The van der Waals surface area contributed by atoms with Crippen LogP contribution in [0.4, 0.5) is 0 Å². The smallest absolute Gasteiger partial charge is 0.344 e. The lowest BCUT2D eigenvalue weighted by Gasteiger charge is -2.10. The van der Waals surface area contributed by atoms with E-state index in [4.69, 9.17) is 9.47 Å². The number of hydrogen-bond donors (Lipinski definition) is 0. The van der Waals surface area contributed by atoms with Gasteiger partial charge in [0.25, 0.3) is 0 Å². The molecule has 0 amide bonds. The topological polar surface area (TPSA) is 52.6 Å². The van der Waals surface area contributed by atoms with Crippen LogP contribution in [0.25, 0.3) is 0 Å². The first-order chi connectivity index (χ1) is 13.7. The SMILES string of the molecule is O=C(COc1ccc2c(c1)CCc1ccccc1C2=O)OCc1ccccc1. The first kappa shape index (κ1) is 18.0. The van der Waals surface area contributed by atoms with Gasteiger partial charge in [0, 0.05) is 11.1 Å². The van der Waals surface area contributed by atoms with Gasteiger partial charge in [0.1, 0.15) is 12.4 Å². The van der Waals surface area contributed by atoms with Gasteiger partial charge in [-0.3, -0.25) is 4.79 Å². The van der Waals surface area contributed by atoms with Crippen LogP contribution in [0.15, 0.2) is 72.8 Å². The van der Waals surface area contributed by atoms with Crippen molar-refractivity contribution in [1.82, 2.24) is 0 Å². The third-order valence-electron chi connectivity index (χ3n) is 4.85. The molecule has 0 heterocycles. The fourth-order valence-electron chi connectivity index (χ4n) is 3.38. The van der Waals surface area contributed by atoms with Crippen LogP contribution in [0.5, 0.6) is 5.75 Å². The number of ether oxygens (including phenoxy) is 2. The van der Waals surface area contributed by atoms with Crippen LogP contribution < -0.4 is 4.74 Å². The summed E-state index contributed by atoms with van der Waals surface area (Å²) in [5.41, 5.74) is 4.40. The summed E-state index contributed by atoms with van der Waals surface area (Å²) in [6.45, 7) is 0.0553. The summed E-state index contributed by atoms with van der Waals surface area (Å²) >= 11 is 0. The minimum Gasteiger partial charge on any atom is -0.482 e. The molecule has 3 aromatic carbocycles. The predicted octanol–water partition coefficient (Wildman–Crippen LogP) is 4.14. The minimum atomic E-state index is -0.428. The number of ketones is 1. The Kier molecular flexibility index (Phi) is 5.20. The van der Waals surface area contributed by atoms with Gasteiger partial charge in [-0.25, -0.2) is 4.79 Å². The minimum absolute atomic E-state index is 0.0388. The van der Waals surface area contributed by atoms with E-state index in [1.807, 2.05) is 60.7 Å². The number of aryl methyl sites for hydroxylation is 2. The zero-order chi connectivity index (χ0) is 19.3. The third kappa shape index (κ3) is 3.96. The van der Waals surface area contributed by atoms with E-state index >= 15 is 0 Å². The lowest BCUT2D eigenvalue weighted by atomic mass is 9.99. The Morgan fingerprint density at radius 3 is 2.39 bits per heavy atom. The standard InChI is InChI=1S/C24H20O4/c25-23(28-15-17-6-2-1-3-7-17)16-27-20-12-13-22-19(14-20)11-10-18-8-4-5-9-21(18)24(22)26/h1-9,12-14H,10-11,15-16H2. The molecule has 3 aromatic rings. The summed E-state index contributed by atoms with van der Waals surface area (Å²) in [5.74, 6) is 0.174. The fraction of sp³-hybridized carbons (Fsp3) is 0.167. The fourth-order valence-corrected chi connectivity index (χ4v) is 3.38. The molecule has 0 atom stereocenters.